The molecule has 0 atom stereocenters. The Balaban J connectivity index is 1.63. The second-order valence-electron chi connectivity index (χ2n) is 7.50. The largest absolute Gasteiger partial charge is 0.494 e. The summed E-state index contributed by atoms with van der Waals surface area (Å²) in [6.07, 6.45) is 3.32. The molecule has 32 heavy (non-hydrogen) atoms. The van der Waals surface area contributed by atoms with Crippen LogP contribution in [-0.2, 0) is 4.79 Å². The highest BCUT2D eigenvalue weighted by Crippen LogP contribution is 2.37. The molecule has 1 N–H and O–H groups in total. The molecule has 0 aliphatic heterocycles. The lowest BCUT2D eigenvalue weighted by Gasteiger charge is -2.14. The van der Waals surface area contributed by atoms with Crippen molar-refractivity contribution in [3.8, 4) is 11.5 Å². The molecule has 2 aromatic heterocycles. The van der Waals surface area contributed by atoms with Crippen LogP contribution in [0.15, 0.2) is 41.0 Å². The third-order valence-electron chi connectivity index (χ3n) is 5.20. The van der Waals surface area contributed by atoms with Crippen molar-refractivity contribution in [3.63, 3.8) is 0 Å². The van der Waals surface area contributed by atoms with Crippen LogP contribution < -0.4 is 14.8 Å². The Bertz CT molecular complexity index is 1330. The molecule has 0 saturated carbocycles. The minimum atomic E-state index is -0.240. The number of ether oxygens (including phenoxy) is 2. The van der Waals surface area contributed by atoms with Crippen LogP contribution >= 0.6 is 11.3 Å². The van der Waals surface area contributed by atoms with E-state index in [1.54, 1.807) is 12.3 Å². The lowest BCUT2D eigenvalue weighted by Crippen LogP contribution is -2.08. The first-order valence-electron chi connectivity index (χ1n) is 10.6. The van der Waals surface area contributed by atoms with Gasteiger partial charge in [-0.15, -0.1) is 0 Å². The van der Waals surface area contributed by atoms with Crippen LogP contribution in [0.3, 0.4) is 0 Å². The summed E-state index contributed by atoms with van der Waals surface area (Å²) >= 11 is 1.42. The summed E-state index contributed by atoms with van der Waals surface area (Å²) < 4.78 is 18.1. The fourth-order valence-corrected chi connectivity index (χ4v) is 4.59. The SMILES string of the molecule is CCOc1ccc2nc(NC(=O)/C=C(\C)c3cc4c(C)coc4c(C)c3OCC)sc2c1. The zero-order valence-corrected chi connectivity index (χ0v) is 19.7. The van der Waals surface area contributed by atoms with Gasteiger partial charge in [-0.2, -0.15) is 0 Å². The van der Waals surface area contributed by atoms with Crippen LogP contribution in [0.25, 0.3) is 26.8 Å². The van der Waals surface area contributed by atoms with Crippen molar-refractivity contribution in [2.45, 2.75) is 34.6 Å². The minimum Gasteiger partial charge on any atom is -0.494 e. The average molecular weight is 451 g/mol. The van der Waals surface area contributed by atoms with E-state index in [2.05, 4.69) is 10.3 Å². The van der Waals surface area contributed by atoms with Crippen LogP contribution in [0.1, 0.15) is 37.5 Å². The van der Waals surface area contributed by atoms with Gasteiger partial charge in [0.2, 0.25) is 5.91 Å². The van der Waals surface area contributed by atoms with Gasteiger partial charge in [0, 0.05) is 22.6 Å². The van der Waals surface area contributed by atoms with Crippen molar-refractivity contribution in [2.75, 3.05) is 18.5 Å². The van der Waals surface area contributed by atoms with Gasteiger partial charge >= 0.3 is 0 Å². The van der Waals surface area contributed by atoms with Gasteiger partial charge in [-0.1, -0.05) is 11.3 Å². The van der Waals surface area contributed by atoms with E-state index in [0.29, 0.717) is 18.3 Å². The van der Waals surface area contributed by atoms with E-state index in [0.717, 1.165) is 54.9 Å². The normalized spacial score (nSPS) is 11.8. The molecule has 4 rings (SSSR count). The molecular formula is C25H26N2O4S. The van der Waals surface area contributed by atoms with E-state index in [4.69, 9.17) is 13.9 Å². The Kier molecular flexibility index (Phi) is 6.19. The quantitative estimate of drug-likeness (QED) is 0.325. The Morgan fingerprint density at radius 1 is 1.19 bits per heavy atom. The molecule has 0 radical (unpaired) electrons. The molecule has 0 fully saturated rings. The molecule has 1 amide bonds. The number of nitrogens with zero attached hydrogens (tertiary/aromatic N) is 1. The third kappa shape index (κ3) is 4.21. The zero-order chi connectivity index (χ0) is 22.8. The molecule has 4 aromatic rings. The summed E-state index contributed by atoms with van der Waals surface area (Å²) in [5, 5.41) is 4.45. The summed E-state index contributed by atoms with van der Waals surface area (Å²) in [6.45, 7) is 10.9. The molecule has 0 saturated heterocycles. The maximum atomic E-state index is 12.8. The summed E-state index contributed by atoms with van der Waals surface area (Å²) in [4.78, 5) is 17.3. The van der Waals surface area contributed by atoms with Crippen molar-refractivity contribution in [1.29, 1.82) is 0 Å². The number of rotatable bonds is 7. The molecule has 0 aliphatic rings. The van der Waals surface area contributed by atoms with Gasteiger partial charge in [-0.3, -0.25) is 10.1 Å². The van der Waals surface area contributed by atoms with Gasteiger partial charge < -0.3 is 13.9 Å². The van der Waals surface area contributed by atoms with Gasteiger partial charge in [-0.05, 0) is 70.0 Å². The molecule has 2 heterocycles. The van der Waals surface area contributed by atoms with Gasteiger partial charge in [0.15, 0.2) is 5.13 Å². The predicted molar refractivity (Wildman–Crippen MR) is 130 cm³/mol. The number of allylic oxidation sites excluding steroid dienone is 1. The number of aromatic nitrogens is 1. The molecule has 0 spiro atoms. The van der Waals surface area contributed by atoms with Crippen molar-refractivity contribution in [1.82, 2.24) is 4.98 Å². The number of furan rings is 1. The fraction of sp³-hybridized carbons (Fsp3) is 0.280. The van der Waals surface area contributed by atoms with Crippen molar-refractivity contribution < 1.29 is 18.7 Å². The molecule has 7 heteroatoms. The lowest BCUT2D eigenvalue weighted by atomic mass is 9.98. The maximum absolute atomic E-state index is 12.8. The summed E-state index contributed by atoms with van der Waals surface area (Å²) in [5.41, 5.74) is 5.29. The number of anilines is 1. The number of fused-ring (bicyclic) bond motifs is 2. The second-order valence-corrected chi connectivity index (χ2v) is 8.54. The summed E-state index contributed by atoms with van der Waals surface area (Å²) in [7, 11) is 0. The zero-order valence-electron chi connectivity index (χ0n) is 18.9. The Hall–Kier alpha value is -3.32. The first kappa shape index (κ1) is 21.9. The Labute approximate surface area is 190 Å². The highest BCUT2D eigenvalue weighted by atomic mass is 32.1. The first-order chi connectivity index (χ1) is 15.4. The maximum Gasteiger partial charge on any atom is 0.250 e. The first-order valence-corrected chi connectivity index (χ1v) is 11.4. The van der Waals surface area contributed by atoms with Gasteiger partial charge in [0.25, 0.3) is 0 Å². The number of thiazole rings is 1. The monoisotopic (exact) mass is 450 g/mol. The average Bonchev–Trinajstić information content (AvgIpc) is 3.32. The highest BCUT2D eigenvalue weighted by molar-refractivity contribution is 7.22. The molecule has 6 nitrogen and oxygen atoms in total. The summed E-state index contributed by atoms with van der Waals surface area (Å²) in [5.74, 6) is 1.29. The minimum absolute atomic E-state index is 0.240. The number of hydrogen-bond acceptors (Lipinski definition) is 6. The number of aryl methyl sites for hydroxylation is 2. The Morgan fingerprint density at radius 3 is 2.72 bits per heavy atom. The van der Waals surface area contributed by atoms with E-state index in [9.17, 15) is 4.79 Å². The second kappa shape index (κ2) is 9.04. The van der Waals surface area contributed by atoms with E-state index < -0.39 is 0 Å². The van der Waals surface area contributed by atoms with E-state index >= 15 is 0 Å². The smallest absolute Gasteiger partial charge is 0.250 e. The molecule has 2 aromatic carbocycles. The van der Waals surface area contributed by atoms with Crippen molar-refractivity contribution in [3.05, 3.63) is 53.3 Å². The number of carbonyl (C=O) groups excluding carboxylic acids is 1. The van der Waals surface area contributed by atoms with Crippen LogP contribution in [0.2, 0.25) is 0 Å². The summed E-state index contributed by atoms with van der Waals surface area (Å²) in [6, 6.07) is 7.74. The number of nitrogens with one attached hydrogen (secondary N) is 1. The van der Waals surface area contributed by atoms with Gasteiger partial charge in [0.05, 0.1) is 29.7 Å². The molecule has 0 unspecified atom stereocenters. The number of carbonyl (C=O) groups is 1. The van der Waals surface area contributed by atoms with Gasteiger partial charge in [0.1, 0.15) is 17.1 Å². The predicted octanol–water partition coefficient (Wildman–Crippen LogP) is 6.50. The number of amides is 1. The topological polar surface area (TPSA) is 73.6 Å². The molecule has 0 aliphatic carbocycles. The standard InChI is InChI=1S/C25H26N2O4S/c1-6-29-17-8-9-20-21(11-17)32-25(26-20)27-22(28)10-14(3)18-12-19-15(4)13-31-24(19)16(5)23(18)30-7-2/h8-13H,6-7H2,1-5H3,(H,26,27,28)/b14-10+. The third-order valence-corrected chi connectivity index (χ3v) is 6.13. The molecule has 166 valence electrons. The van der Waals surface area contributed by atoms with Crippen LogP contribution in [0.5, 0.6) is 11.5 Å². The van der Waals surface area contributed by atoms with Gasteiger partial charge in [-0.25, -0.2) is 4.98 Å². The fourth-order valence-electron chi connectivity index (χ4n) is 3.69. The number of hydrogen-bond donors (Lipinski definition) is 1. The van der Waals surface area contributed by atoms with Crippen LogP contribution in [0.4, 0.5) is 5.13 Å². The Morgan fingerprint density at radius 2 is 1.97 bits per heavy atom. The lowest BCUT2D eigenvalue weighted by molar-refractivity contribution is -0.111. The van der Waals surface area contributed by atoms with Crippen molar-refractivity contribution >= 4 is 49.1 Å². The molecule has 0 bridgehead atoms. The van der Waals surface area contributed by atoms with Crippen molar-refractivity contribution in [2.24, 2.45) is 0 Å². The van der Waals surface area contributed by atoms with E-state index in [1.165, 1.54) is 11.3 Å². The van der Waals surface area contributed by atoms with E-state index in [1.807, 2.05) is 58.9 Å². The van der Waals surface area contributed by atoms with Crippen LogP contribution in [-0.4, -0.2) is 24.1 Å². The highest BCUT2D eigenvalue weighted by Gasteiger charge is 2.17. The number of benzene rings is 2. The molecular weight excluding hydrogens is 424 g/mol. The van der Waals surface area contributed by atoms with Crippen LogP contribution in [0, 0.1) is 13.8 Å². The van der Waals surface area contributed by atoms with E-state index in [-0.39, 0.29) is 5.91 Å².